The Labute approximate surface area is 224 Å². The van der Waals surface area contributed by atoms with Crippen molar-refractivity contribution in [2.45, 2.75) is 0 Å². The van der Waals surface area contributed by atoms with Gasteiger partial charge in [-0.05, 0) is 36.4 Å². The number of benzene rings is 2. The van der Waals surface area contributed by atoms with Gasteiger partial charge in [0.25, 0.3) is 11.8 Å². The normalized spacial score (nSPS) is 10.6. The fourth-order valence-electron chi connectivity index (χ4n) is 3.52. The highest BCUT2D eigenvalue weighted by Crippen LogP contribution is 2.33. The molecular weight excluding hydrogens is 529 g/mol. The van der Waals surface area contributed by atoms with Crippen molar-refractivity contribution in [3.05, 3.63) is 81.2 Å². The fraction of sp³-hybridized carbons (Fsp3) is 0.0769. The lowest BCUT2D eigenvalue weighted by Gasteiger charge is -2.05. The molecule has 2 amide bonds. The Morgan fingerprint density at radius 1 is 0.676 bits per heavy atom. The molecule has 0 saturated heterocycles. The Kier molecular flexibility index (Phi) is 7.26. The van der Waals surface area contributed by atoms with Crippen LogP contribution in [0.15, 0.2) is 71.4 Å². The van der Waals surface area contributed by atoms with E-state index >= 15 is 0 Å². The second kappa shape index (κ2) is 10.9. The zero-order valence-electron chi connectivity index (χ0n) is 19.7. The molecule has 0 bridgehead atoms. The van der Waals surface area contributed by atoms with Crippen LogP contribution in [0.5, 0.6) is 11.5 Å². The van der Waals surface area contributed by atoms with Gasteiger partial charge in [-0.1, -0.05) is 24.3 Å². The minimum atomic E-state index is -0.335. The monoisotopic (exact) mass is 548 g/mol. The first-order chi connectivity index (χ1) is 18.1. The number of carbonyl (C=O) groups excluding carboxylic acids is 2. The van der Waals surface area contributed by atoms with Crippen LogP contribution in [0.3, 0.4) is 0 Å². The highest BCUT2D eigenvalue weighted by Gasteiger charge is 2.18. The summed E-state index contributed by atoms with van der Waals surface area (Å²) in [6, 6.07) is 18.3. The van der Waals surface area contributed by atoms with Crippen molar-refractivity contribution in [1.82, 2.24) is 9.97 Å². The van der Waals surface area contributed by atoms with E-state index in [1.807, 2.05) is 59.3 Å². The van der Waals surface area contributed by atoms with E-state index in [2.05, 4.69) is 20.6 Å². The van der Waals surface area contributed by atoms with Crippen molar-refractivity contribution >= 4 is 56.1 Å². The number of methoxy groups -OCH3 is 2. The number of rotatable bonds is 8. The van der Waals surface area contributed by atoms with Crippen molar-refractivity contribution in [2.24, 2.45) is 0 Å². The van der Waals surface area contributed by atoms with Crippen LogP contribution in [0.4, 0.5) is 10.3 Å². The number of carbonyl (C=O) groups is 2. The van der Waals surface area contributed by atoms with Gasteiger partial charge in [0.2, 0.25) is 0 Å². The molecule has 0 aliphatic rings. The van der Waals surface area contributed by atoms with Gasteiger partial charge >= 0.3 is 0 Å². The van der Waals surface area contributed by atoms with Crippen LogP contribution in [0.2, 0.25) is 0 Å². The largest absolute Gasteiger partial charge is 0.496 e. The Balaban J connectivity index is 1.24. The molecule has 0 atom stereocenters. The molecule has 3 heterocycles. The van der Waals surface area contributed by atoms with Crippen LogP contribution < -0.4 is 20.1 Å². The van der Waals surface area contributed by atoms with Crippen LogP contribution in [0, 0.1) is 0 Å². The summed E-state index contributed by atoms with van der Waals surface area (Å²) >= 11 is 3.73. The number of aromatic nitrogens is 2. The number of anilines is 2. The first kappa shape index (κ1) is 24.6. The molecule has 0 aliphatic heterocycles. The van der Waals surface area contributed by atoms with Gasteiger partial charge in [-0.25, -0.2) is 9.97 Å². The number of amides is 2. The van der Waals surface area contributed by atoms with Crippen molar-refractivity contribution in [3.8, 4) is 34.0 Å². The minimum Gasteiger partial charge on any atom is -0.496 e. The molecule has 0 saturated carbocycles. The molecule has 3 aromatic heterocycles. The van der Waals surface area contributed by atoms with Gasteiger partial charge in [0, 0.05) is 21.9 Å². The predicted octanol–water partition coefficient (Wildman–Crippen LogP) is 6.52. The third kappa shape index (κ3) is 5.38. The summed E-state index contributed by atoms with van der Waals surface area (Å²) in [5, 5.41) is 10.2. The van der Waals surface area contributed by atoms with Gasteiger partial charge in [0.1, 0.15) is 11.5 Å². The number of thiazole rings is 2. The van der Waals surface area contributed by atoms with E-state index in [-0.39, 0.29) is 11.8 Å². The van der Waals surface area contributed by atoms with Gasteiger partial charge in [-0.15, -0.1) is 34.0 Å². The second-order valence-electron chi connectivity index (χ2n) is 7.55. The SMILES string of the molecule is COc1ccccc1-c1csc(NC(=O)c2ccc(C(=O)Nc3nc(-c4ccccc4OC)cs3)s2)n1. The smallest absolute Gasteiger partial charge is 0.267 e. The summed E-state index contributed by atoms with van der Waals surface area (Å²) in [5.74, 6) is 0.736. The first-order valence-corrected chi connectivity index (χ1v) is 13.5. The maximum absolute atomic E-state index is 12.8. The summed E-state index contributed by atoms with van der Waals surface area (Å²) in [6.07, 6.45) is 0. The van der Waals surface area contributed by atoms with Gasteiger partial charge in [-0.3, -0.25) is 20.2 Å². The third-order valence-electron chi connectivity index (χ3n) is 5.27. The molecular formula is C26H20N4O4S3. The highest BCUT2D eigenvalue weighted by atomic mass is 32.1. The van der Waals surface area contributed by atoms with Gasteiger partial charge in [-0.2, -0.15) is 0 Å². The molecule has 0 fully saturated rings. The molecule has 186 valence electrons. The molecule has 5 aromatic rings. The van der Waals surface area contributed by atoms with Crippen LogP contribution in [-0.4, -0.2) is 36.0 Å². The summed E-state index contributed by atoms with van der Waals surface area (Å²) in [5.41, 5.74) is 3.10. The summed E-state index contributed by atoms with van der Waals surface area (Å²) in [6.45, 7) is 0. The second-order valence-corrected chi connectivity index (χ2v) is 10.3. The average molecular weight is 549 g/mol. The standard InChI is InChI=1S/C26H20N4O4S3/c1-33-19-9-5-3-7-15(19)17-13-35-25(27-17)29-23(31)21-11-12-22(37-21)24(32)30-26-28-18(14-36-26)16-8-4-6-10-20(16)34-2/h3-14H,1-2H3,(H,27,29,31)(H,28,30,32). The van der Waals surface area contributed by atoms with E-state index in [0.29, 0.717) is 42.9 Å². The molecule has 0 radical (unpaired) electrons. The Bertz CT molecular complexity index is 1460. The van der Waals surface area contributed by atoms with Gasteiger partial charge in [0.15, 0.2) is 10.3 Å². The maximum Gasteiger partial charge on any atom is 0.267 e. The zero-order valence-corrected chi connectivity index (χ0v) is 22.1. The summed E-state index contributed by atoms with van der Waals surface area (Å²) in [4.78, 5) is 35.4. The van der Waals surface area contributed by atoms with Crippen molar-refractivity contribution < 1.29 is 19.1 Å². The number of para-hydroxylation sites is 2. The van der Waals surface area contributed by atoms with Crippen molar-refractivity contribution in [3.63, 3.8) is 0 Å². The predicted molar refractivity (Wildman–Crippen MR) is 148 cm³/mol. The molecule has 11 heteroatoms. The Hall–Kier alpha value is -4.06. The topological polar surface area (TPSA) is 102 Å². The molecule has 0 unspecified atom stereocenters. The number of hydrogen-bond donors (Lipinski definition) is 2. The summed E-state index contributed by atoms with van der Waals surface area (Å²) < 4.78 is 10.8. The van der Waals surface area contributed by atoms with Crippen LogP contribution in [0.25, 0.3) is 22.5 Å². The van der Waals surface area contributed by atoms with E-state index in [1.54, 1.807) is 26.4 Å². The van der Waals surface area contributed by atoms with E-state index < -0.39 is 0 Å². The summed E-state index contributed by atoms with van der Waals surface area (Å²) in [7, 11) is 3.21. The molecule has 37 heavy (non-hydrogen) atoms. The lowest BCUT2D eigenvalue weighted by Crippen LogP contribution is -2.11. The van der Waals surface area contributed by atoms with Crippen molar-refractivity contribution in [2.75, 3.05) is 24.9 Å². The molecule has 2 N–H and O–H groups in total. The molecule has 0 aliphatic carbocycles. The molecule has 0 spiro atoms. The number of nitrogens with zero attached hydrogens (tertiary/aromatic N) is 2. The molecule has 5 rings (SSSR count). The fourth-order valence-corrected chi connectivity index (χ4v) is 5.73. The van der Waals surface area contributed by atoms with E-state index in [1.165, 1.54) is 22.7 Å². The Morgan fingerprint density at radius 3 is 1.54 bits per heavy atom. The van der Waals surface area contributed by atoms with E-state index in [9.17, 15) is 9.59 Å². The van der Waals surface area contributed by atoms with Crippen LogP contribution in [-0.2, 0) is 0 Å². The lowest BCUT2D eigenvalue weighted by atomic mass is 10.1. The molecule has 8 nitrogen and oxygen atoms in total. The van der Waals surface area contributed by atoms with Crippen molar-refractivity contribution in [1.29, 1.82) is 0 Å². The number of ether oxygens (including phenoxy) is 2. The Morgan fingerprint density at radius 2 is 1.11 bits per heavy atom. The quantitative estimate of drug-likeness (QED) is 0.229. The van der Waals surface area contributed by atoms with Crippen LogP contribution >= 0.6 is 34.0 Å². The van der Waals surface area contributed by atoms with Crippen LogP contribution in [0.1, 0.15) is 19.3 Å². The number of hydrogen-bond acceptors (Lipinski definition) is 9. The first-order valence-electron chi connectivity index (χ1n) is 11.0. The van der Waals surface area contributed by atoms with Gasteiger partial charge < -0.3 is 9.47 Å². The number of nitrogens with one attached hydrogen (secondary N) is 2. The highest BCUT2D eigenvalue weighted by molar-refractivity contribution is 7.17. The zero-order chi connectivity index (χ0) is 25.8. The third-order valence-corrected chi connectivity index (χ3v) is 7.87. The minimum absolute atomic E-state index is 0.335. The maximum atomic E-state index is 12.8. The average Bonchev–Trinajstić information content (AvgIpc) is 3.70. The van der Waals surface area contributed by atoms with Gasteiger partial charge in [0.05, 0.1) is 35.4 Å². The van der Waals surface area contributed by atoms with E-state index in [4.69, 9.17) is 9.47 Å². The lowest BCUT2D eigenvalue weighted by molar-refractivity contribution is 0.102. The molecule has 2 aromatic carbocycles. The number of thiophene rings is 1. The van der Waals surface area contributed by atoms with E-state index in [0.717, 1.165) is 22.5 Å².